The van der Waals surface area contributed by atoms with Gasteiger partial charge in [-0.1, -0.05) is 13.8 Å². The van der Waals surface area contributed by atoms with Gasteiger partial charge in [0.1, 0.15) is 18.0 Å². The summed E-state index contributed by atoms with van der Waals surface area (Å²) in [6.07, 6.45) is 6.39. The van der Waals surface area contributed by atoms with Crippen LogP contribution in [0.4, 0.5) is 11.6 Å². The van der Waals surface area contributed by atoms with Crippen LogP contribution in [-0.4, -0.2) is 29.1 Å². The average molecular weight is 248 g/mol. The van der Waals surface area contributed by atoms with Crippen molar-refractivity contribution < 1.29 is 0 Å². The Labute approximate surface area is 110 Å². The normalized spacial score (nSPS) is 14.6. The second-order valence-corrected chi connectivity index (χ2v) is 4.82. The first-order chi connectivity index (χ1) is 8.81. The molecule has 1 fully saturated rings. The zero-order valence-corrected chi connectivity index (χ0v) is 11.7. The van der Waals surface area contributed by atoms with Gasteiger partial charge in [-0.05, 0) is 32.6 Å². The summed E-state index contributed by atoms with van der Waals surface area (Å²) in [7, 11) is 0. The quantitative estimate of drug-likeness (QED) is 0.805. The molecule has 4 heteroatoms. The first-order valence-electron chi connectivity index (χ1n) is 7.16. The fourth-order valence-corrected chi connectivity index (χ4v) is 2.34. The average Bonchev–Trinajstić information content (AvgIpc) is 3.22. The van der Waals surface area contributed by atoms with E-state index in [2.05, 4.69) is 41.0 Å². The molecule has 0 saturated heterocycles. The lowest BCUT2D eigenvalue weighted by Gasteiger charge is -2.25. The van der Waals surface area contributed by atoms with E-state index < -0.39 is 0 Å². The van der Waals surface area contributed by atoms with Crippen molar-refractivity contribution in [3.8, 4) is 0 Å². The number of hydrogen-bond acceptors (Lipinski definition) is 4. The molecule has 1 aliphatic carbocycles. The molecule has 0 aromatic carbocycles. The Morgan fingerprint density at radius 3 is 2.61 bits per heavy atom. The van der Waals surface area contributed by atoms with E-state index >= 15 is 0 Å². The number of aromatic nitrogens is 2. The largest absolute Gasteiger partial charge is 0.370 e. The number of rotatable bonds is 7. The van der Waals surface area contributed by atoms with Gasteiger partial charge in [-0.3, -0.25) is 0 Å². The molecule has 1 aromatic heterocycles. The van der Waals surface area contributed by atoms with E-state index in [1.54, 1.807) is 6.33 Å². The standard InChI is InChI=1S/C14H24N4/c1-4-9-15-13-12(5-2)14(17-10-16-13)18(6-3)11-7-8-11/h10-11H,4-9H2,1-3H3,(H,15,16,17). The minimum absolute atomic E-state index is 0.703. The summed E-state index contributed by atoms with van der Waals surface area (Å²) < 4.78 is 0. The number of anilines is 2. The van der Waals surface area contributed by atoms with Gasteiger partial charge in [0.25, 0.3) is 0 Å². The lowest BCUT2D eigenvalue weighted by molar-refractivity contribution is 0.793. The molecule has 0 spiro atoms. The van der Waals surface area contributed by atoms with E-state index in [0.717, 1.165) is 37.6 Å². The second kappa shape index (κ2) is 6.03. The van der Waals surface area contributed by atoms with Crippen LogP contribution >= 0.6 is 0 Å². The van der Waals surface area contributed by atoms with Crippen LogP contribution in [0, 0.1) is 0 Å². The molecule has 0 amide bonds. The van der Waals surface area contributed by atoms with Gasteiger partial charge >= 0.3 is 0 Å². The fraction of sp³-hybridized carbons (Fsp3) is 0.714. The van der Waals surface area contributed by atoms with E-state index in [0.29, 0.717) is 6.04 Å². The third-order valence-corrected chi connectivity index (χ3v) is 3.42. The monoisotopic (exact) mass is 248 g/mol. The van der Waals surface area contributed by atoms with Crippen molar-refractivity contribution in [2.24, 2.45) is 0 Å². The predicted molar refractivity (Wildman–Crippen MR) is 76.2 cm³/mol. The maximum absolute atomic E-state index is 4.53. The second-order valence-electron chi connectivity index (χ2n) is 4.82. The molecule has 100 valence electrons. The van der Waals surface area contributed by atoms with Crippen molar-refractivity contribution in [1.29, 1.82) is 0 Å². The van der Waals surface area contributed by atoms with Crippen molar-refractivity contribution in [3.05, 3.63) is 11.9 Å². The molecule has 1 saturated carbocycles. The van der Waals surface area contributed by atoms with Crippen molar-refractivity contribution in [2.75, 3.05) is 23.3 Å². The number of nitrogens with one attached hydrogen (secondary N) is 1. The highest BCUT2D eigenvalue weighted by Gasteiger charge is 2.30. The zero-order chi connectivity index (χ0) is 13.0. The summed E-state index contributed by atoms with van der Waals surface area (Å²) >= 11 is 0. The summed E-state index contributed by atoms with van der Waals surface area (Å²) in [5.41, 5.74) is 1.26. The first kappa shape index (κ1) is 13.1. The lowest BCUT2D eigenvalue weighted by atomic mass is 10.2. The molecular weight excluding hydrogens is 224 g/mol. The van der Waals surface area contributed by atoms with Crippen molar-refractivity contribution in [3.63, 3.8) is 0 Å². The number of hydrogen-bond donors (Lipinski definition) is 1. The summed E-state index contributed by atoms with van der Waals surface area (Å²) in [5, 5.41) is 3.41. The first-order valence-corrected chi connectivity index (χ1v) is 7.16. The van der Waals surface area contributed by atoms with Crippen LogP contribution in [0.1, 0.15) is 45.6 Å². The Bertz CT molecular complexity index is 387. The molecule has 4 nitrogen and oxygen atoms in total. The van der Waals surface area contributed by atoms with Gasteiger partial charge in [0, 0.05) is 24.7 Å². The highest BCUT2D eigenvalue weighted by atomic mass is 15.2. The fourth-order valence-electron chi connectivity index (χ4n) is 2.34. The van der Waals surface area contributed by atoms with Gasteiger partial charge in [-0.25, -0.2) is 9.97 Å². The van der Waals surface area contributed by atoms with Gasteiger partial charge in [0.05, 0.1) is 0 Å². The van der Waals surface area contributed by atoms with Crippen LogP contribution in [0.3, 0.4) is 0 Å². The van der Waals surface area contributed by atoms with Gasteiger partial charge in [-0.2, -0.15) is 0 Å². The van der Waals surface area contributed by atoms with Crippen LogP contribution < -0.4 is 10.2 Å². The number of nitrogens with zero attached hydrogens (tertiary/aromatic N) is 3. The molecule has 0 unspecified atom stereocenters. The Morgan fingerprint density at radius 2 is 2.06 bits per heavy atom. The highest BCUT2D eigenvalue weighted by Crippen LogP contribution is 2.33. The molecule has 0 atom stereocenters. The van der Waals surface area contributed by atoms with Crippen LogP contribution in [0.25, 0.3) is 0 Å². The Balaban J connectivity index is 2.27. The molecule has 18 heavy (non-hydrogen) atoms. The third-order valence-electron chi connectivity index (χ3n) is 3.42. The van der Waals surface area contributed by atoms with Gasteiger partial charge in [0.2, 0.25) is 0 Å². The zero-order valence-electron chi connectivity index (χ0n) is 11.7. The molecule has 1 aliphatic rings. The predicted octanol–water partition coefficient (Wildman–Crippen LogP) is 2.85. The Kier molecular flexibility index (Phi) is 4.39. The molecule has 0 aliphatic heterocycles. The summed E-state index contributed by atoms with van der Waals surface area (Å²) in [5.74, 6) is 2.15. The Morgan fingerprint density at radius 1 is 1.28 bits per heavy atom. The van der Waals surface area contributed by atoms with Crippen LogP contribution in [0.15, 0.2) is 6.33 Å². The van der Waals surface area contributed by atoms with Gasteiger partial charge in [0.15, 0.2) is 0 Å². The molecule has 1 heterocycles. The summed E-state index contributed by atoms with van der Waals surface area (Å²) in [6, 6.07) is 0.703. The van der Waals surface area contributed by atoms with Crippen LogP contribution in [0.2, 0.25) is 0 Å². The van der Waals surface area contributed by atoms with Gasteiger partial charge in [-0.15, -0.1) is 0 Å². The van der Waals surface area contributed by atoms with Crippen molar-refractivity contribution in [2.45, 2.75) is 52.5 Å². The van der Waals surface area contributed by atoms with E-state index in [-0.39, 0.29) is 0 Å². The molecule has 1 N–H and O–H groups in total. The lowest BCUT2D eigenvalue weighted by Crippen LogP contribution is -2.27. The third kappa shape index (κ3) is 2.74. The molecular formula is C14H24N4. The Hall–Kier alpha value is -1.32. The summed E-state index contributed by atoms with van der Waals surface area (Å²) in [4.78, 5) is 11.3. The highest BCUT2D eigenvalue weighted by molar-refractivity contribution is 5.59. The van der Waals surface area contributed by atoms with E-state index in [9.17, 15) is 0 Å². The van der Waals surface area contributed by atoms with E-state index in [1.165, 1.54) is 18.4 Å². The van der Waals surface area contributed by atoms with Crippen LogP contribution in [-0.2, 0) is 6.42 Å². The van der Waals surface area contributed by atoms with Crippen molar-refractivity contribution >= 4 is 11.6 Å². The molecule has 0 radical (unpaired) electrons. The van der Waals surface area contributed by atoms with E-state index in [1.807, 2.05) is 0 Å². The van der Waals surface area contributed by atoms with E-state index in [4.69, 9.17) is 0 Å². The minimum atomic E-state index is 0.703. The molecule has 1 aromatic rings. The van der Waals surface area contributed by atoms with Crippen molar-refractivity contribution in [1.82, 2.24) is 9.97 Å². The smallest absolute Gasteiger partial charge is 0.137 e. The summed E-state index contributed by atoms with van der Waals surface area (Å²) in [6.45, 7) is 8.56. The molecule has 0 bridgehead atoms. The maximum atomic E-state index is 4.53. The maximum Gasteiger partial charge on any atom is 0.137 e. The minimum Gasteiger partial charge on any atom is -0.370 e. The topological polar surface area (TPSA) is 41.1 Å². The SMILES string of the molecule is CCCNc1ncnc(N(CC)C2CC2)c1CC. The van der Waals surface area contributed by atoms with Crippen LogP contribution in [0.5, 0.6) is 0 Å². The van der Waals surface area contributed by atoms with Gasteiger partial charge < -0.3 is 10.2 Å². The molecule has 2 rings (SSSR count).